The second-order valence-electron chi connectivity index (χ2n) is 4.82. The summed E-state index contributed by atoms with van der Waals surface area (Å²) >= 11 is 6.02. The fourth-order valence-electron chi connectivity index (χ4n) is 1.58. The molecule has 0 aliphatic carbocycles. The molecule has 0 fully saturated rings. The number of halogens is 2. The van der Waals surface area contributed by atoms with Gasteiger partial charge in [-0.25, -0.2) is 4.39 Å². The summed E-state index contributed by atoms with van der Waals surface area (Å²) in [5, 5.41) is 8.28. The molecule has 0 atom stereocenters. The average Bonchev–Trinajstić information content (AvgIpc) is 2.65. The van der Waals surface area contributed by atoms with Crippen molar-refractivity contribution < 1.29 is 4.39 Å². The molecule has 1 aromatic heterocycles. The Morgan fingerprint density at radius 2 is 2.00 bits per heavy atom. The summed E-state index contributed by atoms with van der Waals surface area (Å²) in [6.07, 6.45) is 1.65. The zero-order valence-corrected chi connectivity index (χ0v) is 10.7. The van der Waals surface area contributed by atoms with E-state index in [-0.39, 0.29) is 11.4 Å². The molecule has 1 aromatic carbocycles. The highest BCUT2D eigenvalue weighted by atomic mass is 35.5. The molecule has 17 heavy (non-hydrogen) atoms. The van der Waals surface area contributed by atoms with E-state index in [0.717, 1.165) is 0 Å². The first-order valence-electron chi connectivity index (χ1n) is 5.25. The van der Waals surface area contributed by atoms with Gasteiger partial charge in [0.2, 0.25) is 0 Å². The molecule has 0 unspecified atom stereocenters. The van der Waals surface area contributed by atoms with Crippen LogP contribution in [0.2, 0.25) is 5.02 Å². The van der Waals surface area contributed by atoms with Gasteiger partial charge >= 0.3 is 0 Å². The maximum absolute atomic E-state index is 13.0. The highest BCUT2D eigenvalue weighted by molar-refractivity contribution is 6.33. The monoisotopic (exact) mass is 253 g/mol. The van der Waals surface area contributed by atoms with Crippen molar-refractivity contribution in [2.45, 2.75) is 26.3 Å². The van der Waals surface area contributed by atoms with Gasteiger partial charge in [0.15, 0.2) is 5.82 Å². The van der Waals surface area contributed by atoms with Crippen molar-refractivity contribution in [3.05, 3.63) is 35.4 Å². The van der Waals surface area contributed by atoms with Gasteiger partial charge in [0.25, 0.3) is 0 Å². The summed E-state index contributed by atoms with van der Waals surface area (Å²) in [7, 11) is 0. The minimum absolute atomic E-state index is 0.156. The maximum atomic E-state index is 13.0. The Labute approximate surface area is 104 Å². The number of aromatic nitrogens is 3. The minimum Gasteiger partial charge on any atom is -0.308 e. The Morgan fingerprint density at radius 1 is 1.29 bits per heavy atom. The summed E-state index contributed by atoms with van der Waals surface area (Å²) in [5.74, 6) is 0.281. The van der Waals surface area contributed by atoms with Crippen LogP contribution in [0.3, 0.4) is 0 Å². The summed E-state index contributed by atoms with van der Waals surface area (Å²) in [5.41, 5.74) is 0.525. The second kappa shape index (κ2) is 4.11. The molecule has 3 nitrogen and oxygen atoms in total. The van der Waals surface area contributed by atoms with Crippen molar-refractivity contribution in [1.29, 1.82) is 0 Å². The van der Waals surface area contributed by atoms with Crippen LogP contribution >= 0.6 is 11.6 Å². The molecule has 0 amide bonds. The Kier molecular flexibility index (Phi) is 2.91. The quantitative estimate of drug-likeness (QED) is 0.779. The van der Waals surface area contributed by atoms with Crippen molar-refractivity contribution in [3.63, 3.8) is 0 Å². The Bertz CT molecular complexity index is 543. The van der Waals surface area contributed by atoms with E-state index in [1.54, 1.807) is 12.4 Å². The smallest absolute Gasteiger partial charge is 0.165 e. The molecule has 90 valence electrons. The fourth-order valence-corrected chi connectivity index (χ4v) is 1.83. The first-order valence-corrected chi connectivity index (χ1v) is 5.63. The van der Waals surface area contributed by atoms with Gasteiger partial charge in [-0.2, -0.15) is 0 Å². The van der Waals surface area contributed by atoms with Gasteiger partial charge in [-0.1, -0.05) is 11.6 Å². The van der Waals surface area contributed by atoms with E-state index in [1.807, 2.05) is 25.3 Å². The lowest BCUT2D eigenvalue weighted by atomic mass is 10.1. The van der Waals surface area contributed by atoms with Gasteiger partial charge in [-0.15, -0.1) is 10.2 Å². The lowest BCUT2D eigenvalue weighted by Gasteiger charge is -2.22. The molecule has 0 N–H and O–H groups in total. The van der Waals surface area contributed by atoms with Crippen molar-refractivity contribution in [3.8, 4) is 11.4 Å². The molecule has 2 rings (SSSR count). The van der Waals surface area contributed by atoms with Crippen LogP contribution < -0.4 is 0 Å². The second-order valence-corrected chi connectivity index (χ2v) is 5.23. The van der Waals surface area contributed by atoms with Crippen LogP contribution in [0.4, 0.5) is 4.39 Å². The van der Waals surface area contributed by atoms with Crippen molar-refractivity contribution in [2.24, 2.45) is 0 Å². The Morgan fingerprint density at radius 3 is 2.59 bits per heavy atom. The van der Waals surface area contributed by atoms with Crippen molar-refractivity contribution in [1.82, 2.24) is 14.8 Å². The largest absolute Gasteiger partial charge is 0.308 e. The molecule has 2 aromatic rings. The van der Waals surface area contributed by atoms with Crippen LogP contribution in [0, 0.1) is 5.82 Å². The number of hydrogen-bond acceptors (Lipinski definition) is 2. The van der Waals surface area contributed by atoms with E-state index < -0.39 is 0 Å². The third kappa shape index (κ3) is 2.31. The molecule has 0 saturated heterocycles. The Hall–Kier alpha value is -1.42. The Balaban J connectivity index is 2.58. The van der Waals surface area contributed by atoms with Crippen molar-refractivity contribution >= 4 is 11.6 Å². The van der Waals surface area contributed by atoms with Gasteiger partial charge in [0.1, 0.15) is 12.1 Å². The van der Waals surface area contributed by atoms with E-state index >= 15 is 0 Å². The van der Waals surface area contributed by atoms with Gasteiger partial charge in [-0.05, 0) is 39.0 Å². The molecule has 0 aliphatic heterocycles. The zero-order valence-electron chi connectivity index (χ0n) is 9.91. The third-order valence-corrected chi connectivity index (χ3v) is 2.76. The van der Waals surface area contributed by atoms with Crippen LogP contribution in [0.25, 0.3) is 11.4 Å². The van der Waals surface area contributed by atoms with Crippen LogP contribution in [0.1, 0.15) is 20.8 Å². The highest BCUT2D eigenvalue weighted by Crippen LogP contribution is 2.29. The van der Waals surface area contributed by atoms with E-state index in [1.165, 1.54) is 12.1 Å². The van der Waals surface area contributed by atoms with E-state index in [0.29, 0.717) is 16.4 Å². The first kappa shape index (κ1) is 12.0. The van der Waals surface area contributed by atoms with Gasteiger partial charge in [-0.3, -0.25) is 0 Å². The molecule has 0 spiro atoms. The maximum Gasteiger partial charge on any atom is 0.165 e. The predicted octanol–water partition coefficient (Wildman–Crippen LogP) is 3.49. The van der Waals surface area contributed by atoms with Crippen molar-refractivity contribution in [2.75, 3.05) is 0 Å². The summed E-state index contributed by atoms with van der Waals surface area (Å²) in [6.45, 7) is 6.12. The molecule has 0 saturated carbocycles. The average molecular weight is 254 g/mol. The normalized spacial score (nSPS) is 11.8. The minimum atomic E-state index is -0.361. The lowest BCUT2D eigenvalue weighted by Crippen LogP contribution is -2.21. The summed E-state index contributed by atoms with van der Waals surface area (Å²) in [6, 6.07) is 4.26. The van der Waals surface area contributed by atoms with Crippen LogP contribution in [0.15, 0.2) is 24.5 Å². The number of rotatable bonds is 1. The van der Waals surface area contributed by atoms with Crippen LogP contribution in [-0.4, -0.2) is 14.8 Å². The summed E-state index contributed by atoms with van der Waals surface area (Å²) < 4.78 is 14.9. The number of benzene rings is 1. The van der Waals surface area contributed by atoms with E-state index in [2.05, 4.69) is 10.2 Å². The van der Waals surface area contributed by atoms with E-state index in [4.69, 9.17) is 11.6 Å². The molecule has 0 radical (unpaired) electrons. The predicted molar refractivity (Wildman–Crippen MR) is 65.4 cm³/mol. The van der Waals surface area contributed by atoms with Gasteiger partial charge in [0, 0.05) is 11.1 Å². The number of hydrogen-bond donors (Lipinski definition) is 0. The van der Waals surface area contributed by atoms with Gasteiger partial charge in [0.05, 0.1) is 5.02 Å². The molecular weight excluding hydrogens is 241 g/mol. The number of nitrogens with zero attached hydrogens (tertiary/aromatic N) is 3. The SMILES string of the molecule is CC(C)(C)n1cnnc1-c1ccc(F)cc1Cl. The first-order chi connectivity index (χ1) is 7.89. The fraction of sp³-hybridized carbons (Fsp3) is 0.333. The highest BCUT2D eigenvalue weighted by Gasteiger charge is 2.20. The van der Waals surface area contributed by atoms with Gasteiger partial charge < -0.3 is 4.57 Å². The third-order valence-electron chi connectivity index (χ3n) is 2.44. The molecular formula is C12H13ClFN3. The lowest BCUT2D eigenvalue weighted by molar-refractivity contribution is 0.400. The molecule has 0 aliphatic rings. The summed E-state index contributed by atoms with van der Waals surface area (Å²) in [4.78, 5) is 0. The molecule has 0 bridgehead atoms. The molecule has 5 heteroatoms. The topological polar surface area (TPSA) is 30.7 Å². The van der Waals surface area contributed by atoms with E-state index in [9.17, 15) is 4.39 Å². The standard InChI is InChI=1S/C12H13ClFN3/c1-12(2,3)17-7-15-16-11(17)9-5-4-8(14)6-10(9)13/h4-7H,1-3H3. The molecule has 1 heterocycles. The van der Waals surface area contributed by atoms with Crippen LogP contribution in [0.5, 0.6) is 0 Å². The zero-order chi connectivity index (χ0) is 12.6. The van der Waals surface area contributed by atoms with Crippen LogP contribution in [-0.2, 0) is 5.54 Å².